The minimum atomic E-state index is -0.0468. The quantitative estimate of drug-likeness (QED) is 0.596. The molecule has 1 aliphatic heterocycles. The molecule has 21 heavy (non-hydrogen) atoms. The predicted octanol–water partition coefficient (Wildman–Crippen LogP) is 1.24. The van der Waals surface area contributed by atoms with Crippen molar-refractivity contribution < 1.29 is 9.53 Å². The fourth-order valence-electron chi connectivity index (χ4n) is 2.88. The van der Waals surface area contributed by atoms with Crippen LogP contribution in [0.15, 0.2) is 0 Å². The lowest BCUT2D eigenvalue weighted by molar-refractivity contribution is -0.126. The maximum atomic E-state index is 12.3. The molecule has 0 aromatic carbocycles. The first-order chi connectivity index (χ1) is 10.2. The standard InChI is InChI=1S/C16H33N3O2/c1-4-10-19(13-15-7-5-8-17-12-15)14(2)16(20)18-9-6-11-21-3/h14-15,17H,4-13H2,1-3H3,(H,18,20). The van der Waals surface area contributed by atoms with E-state index in [1.54, 1.807) is 7.11 Å². The molecule has 0 saturated carbocycles. The molecule has 5 heteroatoms. The molecule has 0 aromatic rings. The van der Waals surface area contributed by atoms with Crippen LogP contribution in [0.2, 0.25) is 0 Å². The molecule has 2 N–H and O–H groups in total. The average molecular weight is 299 g/mol. The van der Waals surface area contributed by atoms with Gasteiger partial charge in [0.25, 0.3) is 0 Å². The monoisotopic (exact) mass is 299 g/mol. The van der Waals surface area contributed by atoms with E-state index in [2.05, 4.69) is 22.5 Å². The molecule has 5 nitrogen and oxygen atoms in total. The van der Waals surface area contributed by atoms with E-state index in [9.17, 15) is 4.79 Å². The molecule has 0 aliphatic carbocycles. The van der Waals surface area contributed by atoms with Crippen molar-refractivity contribution in [3.63, 3.8) is 0 Å². The first-order valence-corrected chi connectivity index (χ1v) is 8.40. The van der Waals surface area contributed by atoms with Gasteiger partial charge >= 0.3 is 0 Å². The van der Waals surface area contributed by atoms with Crippen LogP contribution < -0.4 is 10.6 Å². The maximum Gasteiger partial charge on any atom is 0.237 e. The van der Waals surface area contributed by atoms with Crippen LogP contribution in [0.4, 0.5) is 0 Å². The SMILES string of the molecule is CCCN(CC1CCCNC1)C(C)C(=O)NCCCOC. The highest BCUT2D eigenvalue weighted by Gasteiger charge is 2.24. The smallest absolute Gasteiger partial charge is 0.237 e. The van der Waals surface area contributed by atoms with E-state index in [1.807, 2.05) is 6.92 Å². The minimum Gasteiger partial charge on any atom is -0.385 e. The van der Waals surface area contributed by atoms with E-state index in [1.165, 1.54) is 12.8 Å². The number of piperidine rings is 1. The number of hydrogen-bond acceptors (Lipinski definition) is 4. The largest absolute Gasteiger partial charge is 0.385 e. The molecular formula is C16H33N3O2. The second-order valence-corrected chi connectivity index (χ2v) is 6.02. The van der Waals surface area contributed by atoms with E-state index in [0.29, 0.717) is 19.1 Å². The normalized spacial score (nSPS) is 20.5. The van der Waals surface area contributed by atoms with Crippen LogP contribution in [0.3, 0.4) is 0 Å². The number of nitrogens with zero attached hydrogens (tertiary/aromatic N) is 1. The van der Waals surface area contributed by atoms with E-state index >= 15 is 0 Å². The highest BCUT2D eigenvalue weighted by molar-refractivity contribution is 5.81. The van der Waals surface area contributed by atoms with Gasteiger partial charge in [0.05, 0.1) is 6.04 Å². The summed E-state index contributed by atoms with van der Waals surface area (Å²) in [6, 6.07) is -0.0468. The number of carbonyl (C=O) groups excluding carboxylic acids is 1. The zero-order chi connectivity index (χ0) is 15.5. The van der Waals surface area contributed by atoms with Crippen molar-refractivity contribution in [1.29, 1.82) is 0 Å². The van der Waals surface area contributed by atoms with Crippen LogP contribution >= 0.6 is 0 Å². The Morgan fingerprint density at radius 1 is 1.52 bits per heavy atom. The Morgan fingerprint density at radius 2 is 2.33 bits per heavy atom. The second-order valence-electron chi connectivity index (χ2n) is 6.02. The van der Waals surface area contributed by atoms with Crippen molar-refractivity contribution in [2.75, 3.05) is 46.4 Å². The van der Waals surface area contributed by atoms with E-state index in [-0.39, 0.29) is 11.9 Å². The third-order valence-corrected chi connectivity index (χ3v) is 4.15. The molecule has 124 valence electrons. The van der Waals surface area contributed by atoms with Crippen LogP contribution in [0, 0.1) is 5.92 Å². The number of methoxy groups -OCH3 is 1. The fourth-order valence-corrected chi connectivity index (χ4v) is 2.88. The highest BCUT2D eigenvalue weighted by atomic mass is 16.5. The van der Waals surface area contributed by atoms with Crippen molar-refractivity contribution in [2.45, 2.75) is 45.6 Å². The van der Waals surface area contributed by atoms with Gasteiger partial charge in [0.2, 0.25) is 5.91 Å². The summed E-state index contributed by atoms with van der Waals surface area (Å²) in [7, 11) is 1.69. The molecule has 1 rings (SSSR count). The molecule has 0 radical (unpaired) electrons. The van der Waals surface area contributed by atoms with Gasteiger partial charge in [-0.1, -0.05) is 6.92 Å². The molecule has 0 aromatic heterocycles. The number of rotatable bonds is 10. The Kier molecular flexibility index (Phi) is 9.63. The Bertz CT molecular complexity index is 281. The van der Waals surface area contributed by atoms with Gasteiger partial charge in [-0.15, -0.1) is 0 Å². The third kappa shape index (κ3) is 7.25. The molecule has 1 aliphatic rings. The van der Waals surface area contributed by atoms with Crippen LogP contribution in [-0.2, 0) is 9.53 Å². The molecular weight excluding hydrogens is 266 g/mol. The van der Waals surface area contributed by atoms with Crippen molar-refractivity contribution in [1.82, 2.24) is 15.5 Å². The van der Waals surface area contributed by atoms with Crippen molar-refractivity contribution in [3.05, 3.63) is 0 Å². The zero-order valence-corrected chi connectivity index (χ0v) is 14.0. The molecule has 1 amide bonds. The second kappa shape index (κ2) is 11.0. The lowest BCUT2D eigenvalue weighted by Crippen LogP contribution is -2.49. The number of carbonyl (C=O) groups is 1. The highest BCUT2D eigenvalue weighted by Crippen LogP contribution is 2.14. The van der Waals surface area contributed by atoms with Gasteiger partial charge in [0.15, 0.2) is 0 Å². The van der Waals surface area contributed by atoms with E-state index in [4.69, 9.17) is 4.74 Å². The number of nitrogens with one attached hydrogen (secondary N) is 2. The molecule has 1 saturated heterocycles. The summed E-state index contributed by atoms with van der Waals surface area (Å²) in [6.07, 6.45) is 4.48. The third-order valence-electron chi connectivity index (χ3n) is 4.15. The van der Waals surface area contributed by atoms with E-state index < -0.39 is 0 Å². The number of amides is 1. The van der Waals surface area contributed by atoms with Crippen LogP contribution in [0.25, 0.3) is 0 Å². The molecule has 2 unspecified atom stereocenters. The van der Waals surface area contributed by atoms with Crippen LogP contribution in [0.5, 0.6) is 0 Å². The number of ether oxygens (including phenoxy) is 1. The van der Waals surface area contributed by atoms with Gasteiger partial charge < -0.3 is 15.4 Å². The molecule has 1 heterocycles. The number of hydrogen-bond donors (Lipinski definition) is 2. The van der Waals surface area contributed by atoms with Gasteiger partial charge in [0.1, 0.15) is 0 Å². The maximum absolute atomic E-state index is 12.3. The summed E-state index contributed by atoms with van der Waals surface area (Å²) in [4.78, 5) is 14.6. The fraction of sp³-hybridized carbons (Fsp3) is 0.938. The van der Waals surface area contributed by atoms with Crippen LogP contribution in [0.1, 0.15) is 39.5 Å². The van der Waals surface area contributed by atoms with E-state index in [0.717, 1.165) is 39.0 Å². The average Bonchev–Trinajstić information content (AvgIpc) is 2.51. The molecule has 0 spiro atoms. The summed E-state index contributed by atoms with van der Waals surface area (Å²) in [5.41, 5.74) is 0. The summed E-state index contributed by atoms with van der Waals surface area (Å²) < 4.78 is 5.00. The first-order valence-electron chi connectivity index (χ1n) is 8.40. The summed E-state index contributed by atoms with van der Waals surface area (Å²) >= 11 is 0. The summed E-state index contributed by atoms with van der Waals surface area (Å²) in [5.74, 6) is 0.817. The summed E-state index contributed by atoms with van der Waals surface area (Å²) in [5, 5.41) is 6.47. The molecule has 2 atom stereocenters. The topological polar surface area (TPSA) is 53.6 Å². The Hall–Kier alpha value is -0.650. The molecule has 1 fully saturated rings. The Morgan fingerprint density at radius 3 is 2.95 bits per heavy atom. The van der Waals surface area contributed by atoms with Crippen molar-refractivity contribution >= 4 is 5.91 Å². The van der Waals surface area contributed by atoms with Gasteiger partial charge in [-0.2, -0.15) is 0 Å². The minimum absolute atomic E-state index is 0.0468. The van der Waals surface area contributed by atoms with Gasteiger partial charge in [0, 0.05) is 26.8 Å². The van der Waals surface area contributed by atoms with Crippen molar-refractivity contribution in [2.24, 2.45) is 5.92 Å². The lowest BCUT2D eigenvalue weighted by Gasteiger charge is -2.33. The van der Waals surface area contributed by atoms with Crippen molar-refractivity contribution in [3.8, 4) is 0 Å². The lowest BCUT2D eigenvalue weighted by atomic mass is 9.98. The first kappa shape index (κ1) is 18.4. The van der Waals surface area contributed by atoms with Gasteiger partial charge in [-0.25, -0.2) is 0 Å². The Balaban J connectivity index is 2.39. The van der Waals surface area contributed by atoms with Gasteiger partial charge in [-0.05, 0) is 58.2 Å². The molecule has 0 bridgehead atoms. The summed E-state index contributed by atoms with van der Waals surface area (Å²) in [6.45, 7) is 9.83. The Labute approximate surface area is 129 Å². The van der Waals surface area contributed by atoms with Gasteiger partial charge in [-0.3, -0.25) is 9.69 Å². The predicted molar refractivity (Wildman–Crippen MR) is 86.4 cm³/mol. The van der Waals surface area contributed by atoms with Crippen LogP contribution in [-0.4, -0.2) is 63.3 Å². The zero-order valence-electron chi connectivity index (χ0n) is 14.0.